The van der Waals surface area contributed by atoms with E-state index < -0.39 is 0 Å². The molecule has 0 aliphatic heterocycles. The zero-order valence-corrected chi connectivity index (χ0v) is 63.4. The van der Waals surface area contributed by atoms with Gasteiger partial charge in [-0.05, 0) is 40.0 Å². The van der Waals surface area contributed by atoms with Crippen molar-refractivity contribution in [2.45, 2.75) is 19.3 Å². The minimum atomic E-state index is 0. The monoisotopic (exact) mass is 2250 g/mol. The SMILES string of the molecule is CC1(C)c2ccccc2-c2c[c-]c(-n3cccn3)cc21.Cn1ccnc1-c1[c-]ccc(-c2ccccc2)c1.Cn1ccnc1-c1[c-]cccc1.[Ir].[Ir].[Ir].[Ir].[Ir].[Ir].[c-]1ccccc1-c1ncco1.[c-]1ccccc1-c1nccs1.[c-]1ccccc1-n1cccn1. The van der Waals surface area contributed by atoms with E-state index in [-0.39, 0.29) is 126 Å². The van der Waals surface area contributed by atoms with Crippen molar-refractivity contribution in [2.75, 3.05) is 0 Å². The standard InChI is InChI=1S/C18H15N2.C16H13N2.C10H9N2.C9H7N2.C9H6NO.C9H6NS.6Ir/c1-18(2)16-7-4-3-6-14(16)15-9-8-13(12-17(15)18)20-11-5-10-19-20;1-18-11-10-17-16(18)15-9-5-8-14(12-15)13-6-3-2-4-7-13;1-12-8-7-11-10(12)9-5-3-2-4-6-9;1-2-5-9(6-3-1)11-8-4-7-10-11;2*1-2-4-8(5-3-1)9-10-6-7-11-9;;;;;;/h3-7,9-12H,1-2H3;2-8,10-12H,1H3;2-5,7-8H,1H3;1-5,7-8H;2*1-4,6-7H;;;;;;/q6*-1;;;;;;. The molecule has 0 saturated heterocycles. The average Bonchev–Trinajstić information content (AvgIpc) is 1.67. The maximum absolute atomic E-state index is 5.08. The summed E-state index contributed by atoms with van der Waals surface area (Å²) in [4.78, 5) is 16.7. The van der Waals surface area contributed by atoms with Gasteiger partial charge in [0.25, 0.3) is 0 Å². The topological polar surface area (TPSA) is 110 Å². The normalized spacial score (nSPS) is 10.5. The van der Waals surface area contributed by atoms with Crippen molar-refractivity contribution >= 4 is 11.3 Å². The molecule has 462 valence electrons. The van der Waals surface area contributed by atoms with Gasteiger partial charge in [0.05, 0.1) is 24.1 Å². The number of para-hydroxylation sites is 1. The van der Waals surface area contributed by atoms with Crippen LogP contribution in [-0.2, 0) is 140 Å². The first-order valence-electron chi connectivity index (χ1n) is 26.7. The van der Waals surface area contributed by atoms with Crippen LogP contribution in [0.3, 0.4) is 0 Å². The van der Waals surface area contributed by atoms with Crippen molar-refractivity contribution in [1.82, 2.24) is 48.6 Å². The Kier molecular flexibility index (Phi) is 32.0. The van der Waals surface area contributed by atoms with Crippen LogP contribution in [0.5, 0.6) is 0 Å². The van der Waals surface area contributed by atoms with E-state index in [9.17, 15) is 0 Å². The molecule has 0 unspecified atom stereocenters. The molecule has 0 N–H and O–H groups in total. The Morgan fingerprint density at radius 1 is 0.416 bits per heavy atom. The summed E-state index contributed by atoms with van der Waals surface area (Å²) in [5, 5.41) is 11.4. The average molecular weight is 2250 g/mol. The van der Waals surface area contributed by atoms with Crippen molar-refractivity contribution in [3.05, 3.63) is 315 Å². The van der Waals surface area contributed by atoms with Crippen LogP contribution in [0.2, 0.25) is 0 Å². The Bertz CT molecular complexity index is 3970. The number of aromatic nitrogens is 10. The second-order valence-corrected chi connectivity index (χ2v) is 19.9. The van der Waals surface area contributed by atoms with Crippen molar-refractivity contribution in [3.63, 3.8) is 0 Å². The number of hydrogen-bond donors (Lipinski definition) is 0. The van der Waals surface area contributed by atoms with E-state index in [1.54, 1.807) is 59.5 Å². The van der Waals surface area contributed by atoms with E-state index in [1.165, 1.54) is 33.4 Å². The molecule has 15 rings (SSSR count). The zero-order valence-electron chi connectivity index (χ0n) is 48.2. The predicted molar refractivity (Wildman–Crippen MR) is 330 cm³/mol. The largest absolute Gasteiger partial charge is 0.489 e. The van der Waals surface area contributed by atoms with Gasteiger partial charge in [0, 0.05) is 201 Å². The number of aryl methyl sites for hydroxylation is 2. The Morgan fingerprint density at radius 2 is 0.978 bits per heavy atom. The van der Waals surface area contributed by atoms with Crippen molar-refractivity contribution in [3.8, 4) is 78.4 Å². The Hall–Kier alpha value is -6.66. The van der Waals surface area contributed by atoms with Gasteiger partial charge in [0.15, 0.2) is 0 Å². The van der Waals surface area contributed by atoms with Gasteiger partial charge in [-0.2, -0.15) is 57.9 Å². The van der Waals surface area contributed by atoms with E-state index in [0.29, 0.717) is 5.89 Å². The molecule has 0 amide bonds. The molecule has 1 aliphatic carbocycles. The molecule has 1 aliphatic rings. The molecule has 6 aromatic heterocycles. The summed E-state index contributed by atoms with van der Waals surface area (Å²) in [6.45, 7) is 4.56. The Labute approximate surface area is 605 Å². The van der Waals surface area contributed by atoms with Crippen molar-refractivity contribution in [1.29, 1.82) is 0 Å². The molecule has 0 bridgehead atoms. The third-order valence-corrected chi connectivity index (χ3v) is 14.0. The van der Waals surface area contributed by atoms with Crippen LogP contribution in [0.15, 0.2) is 272 Å². The molecular weight excluding hydrogens is 2190 g/mol. The van der Waals surface area contributed by atoms with Crippen LogP contribution >= 0.6 is 11.3 Å². The molecule has 89 heavy (non-hydrogen) atoms. The van der Waals surface area contributed by atoms with Gasteiger partial charge >= 0.3 is 0 Å². The number of fused-ring (bicyclic) bond motifs is 3. The molecule has 0 spiro atoms. The van der Waals surface area contributed by atoms with Crippen molar-refractivity contribution in [2.24, 2.45) is 14.1 Å². The number of thiazole rings is 1. The minimum absolute atomic E-state index is 0. The van der Waals surface area contributed by atoms with Gasteiger partial charge in [-0.3, -0.25) is 29.3 Å². The molecule has 6 radical (unpaired) electrons. The summed E-state index contributed by atoms with van der Waals surface area (Å²) >= 11 is 1.63. The molecule has 14 aromatic rings. The van der Waals surface area contributed by atoms with Gasteiger partial charge in [-0.15, -0.1) is 161 Å². The molecule has 0 atom stereocenters. The summed E-state index contributed by atoms with van der Waals surface area (Å²) in [5.74, 6) is 2.51. The first kappa shape index (κ1) is 74.8. The molecule has 0 fully saturated rings. The van der Waals surface area contributed by atoms with Gasteiger partial charge < -0.3 is 13.6 Å². The maximum Gasteiger partial charge on any atom is 0.140 e. The predicted octanol–water partition coefficient (Wildman–Crippen LogP) is 15.8. The zero-order chi connectivity index (χ0) is 57.1. The number of imidazole rings is 2. The van der Waals surface area contributed by atoms with Gasteiger partial charge in [0.2, 0.25) is 0 Å². The molecule has 18 heteroatoms. The number of benzene rings is 8. The molecule has 6 heterocycles. The second-order valence-electron chi connectivity index (χ2n) is 19.0. The van der Waals surface area contributed by atoms with E-state index >= 15 is 0 Å². The first-order valence-corrected chi connectivity index (χ1v) is 27.5. The Morgan fingerprint density at radius 3 is 1.52 bits per heavy atom. The summed E-state index contributed by atoms with van der Waals surface area (Å²) in [7, 11) is 3.97. The quantitative estimate of drug-likeness (QED) is 0.146. The molecule has 11 nitrogen and oxygen atoms in total. The number of hydrogen-bond acceptors (Lipinski definition) is 8. The van der Waals surface area contributed by atoms with Gasteiger partial charge in [-0.25, -0.2) is 0 Å². The molecule has 8 aromatic carbocycles. The van der Waals surface area contributed by atoms with Crippen LogP contribution in [0.1, 0.15) is 25.0 Å². The van der Waals surface area contributed by atoms with Crippen LogP contribution < -0.4 is 0 Å². The Balaban J connectivity index is 0.000000229. The van der Waals surface area contributed by atoms with Gasteiger partial charge in [0.1, 0.15) is 5.89 Å². The summed E-state index contributed by atoms with van der Waals surface area (Å²) in [6, 6.07) is 83.2. The smallest absolute Gasteiger partial charge is 0.140 e. The van der Waals surface area contributed by atoms with E-state index in [4.69, 9.17) is 4.42 Å². The second kappa shape index (κ2) is 38.1. The minimum Gasteiger partial charge on any atom is -0.489 e. The third-order valence-electron chi connectivity index (χ3n) is 13.2. The summed E-state index contributed by atoms with van der Waals surface area (Å²) in [5.41, 5.74) is 13.8. The fourth-order valence-electron chi connectivity index (χ4n) is 9.06. The van der Waals surface area contributed by atoms with Gasteiger partial charge in [-0.1, -0.05) is 79.6 Å². The molecular formula is C71H56Ir6N10OS-6. The van der Waals surface area contributed by atoms with Crippen LogP contribution in [0, 0.1) is 36.4 Å². The third kappa shape index (κ3) is 20.2. The van der Waals surface area contributed by atoms with Crippen LogP contribution in [0.4, 0.5) is 0 Å². The summed E-state index contributed by atoms with van der Waals surface area (Å²) in [6.07, 6.45) is 19.8. The van der Waals surface area contributed by atoms with Crippen LogP contribution in [-0.4, -0.2) is 48.6 Å². The number of nitrogens with zero attached hydrogens (tertiary/aromatic N) is 10. The fourth-order valence-corrected chi connectivity index (χ4v) is 9.69. The van der Waals surface area contributed by atoms with E-state index in [0.717, 1.165) is 50.3 Å². The van der Waals surface area contributed by atoms with E-state index in [2.05, 4.69) is 141 Å². The van der Waals surface area contributed by atoms with Crippen molar-refractivity contribution < 1.29 is 125 Å². The van der Waals surface area contributed by atoms with Crippen LogP contribution in [0.25, 0.3) is 78.4 Å². The molecule has 0 saturated carbocycles. The number of oxazole rings is 1. The number of rotatable bonds is 7. The first-order chi connectivity index (χ1) is 40.8. The van der Waals surface area contributed by atoms with E-state index in [1.807, 2.05) is 192 Å². The maximum atomic E-state index is 5.08. The fraction of sp³-hybridized carbons (Fsp3) is 0.0704. The summed E-state index contributed by atoms with van der Waals surface area (Å²) < 4.78 is 12.7.